The Morgan fingerprint density at radius 2 is 1.63 bits per heavy atom. The Labute approximate surface area is 216 Å². The molecule has 0 radical (unpaired) electrons. The molecule has 0 spiro atoms. The molecule has 0 unspecified atom stereocenters. The molecule has 0 saturated carbocycles. The highest BCUT2D eigenvalue weighted by Gasteiger charge is 2.25. The van der Waals surface area contributed by atoms with Crippen LogP contribution in [0, 0.1) is 0 Å². The summed E-state index contributed by atoms with van der Waals surface area (Å²) in [6, 6.07) is 19.8. The Morgan fingerprint density at radius 3 is 2.40 bits per heavy atom. The number of unbranched alkanes of at least 4 members (excludes halogenated alkanes) is 1. The number of benzene rings is 2. The summed E-state index contributed by atoms with van der Waals surface area (Å²) in [5.74, 6) is 0. The molecule has 2 heterocycles. The Hall–Kier alpha value is -2.56. The Balaban J connectivity index is 1.51. The number of para-hydroxylation sites is 2. The van der Waals surface area contributed by atoms with Gasteiger partial charge in [0.05, 0.1) is 42.3 Å². The lowest BCUT2D eigenvalue weighted by Gasteiger charge is -2.36. The number of fused-ring (bicyclic) bond motifs is 2. The van der Waals surface area contributed by atoms with Crippen molar-refractivity contribution < 1.29 is 9.05 Å². The van der Waals surface area contributed by atoms with Crippen molar-refractivity contribution in [1.29, 1.82) is 0 Å². The Bertz CT molecular complexity index is 1180. The van der Waals surface area contributed by atoms with Crippen molar-refractivity contribution in [2.45, 2.75) is 52.0 Å². The number of nitrogens with zero attached hydrogens (tertiary/aromatic N) is 3. The van der Waals surface area contributed by atoms with Crippen LogP contribution in [-0.2, 0) is 6.54 Å². The number of thioether (sulfide) groups is 1. The number of hydrogen-bond acceptors (Lipinski definition) is 2. The Kier molecular flexibility index (Phi) is 8.69. The van der Waals surface area contributed by atoms with E-state index in [1.165, 1.54) is 75.6 Å². The lowest BCUT2D eigenvalue weighted by molar-refractivity contribution is -0.923. The molecular weight excluding hydrogens is 446 g/mol. The van der Waals surface area contributed by atoms with Gasteiger partial charge in [-0.1, -0.05) is 48.2 Å². The predicted octanol–water partition coefficient (Wildman–Crippen LogP) is 7.27. The van der Waals surface area contributed by atoms with Crippen LogP contribution in [0.1, 0.15) is 46.1 Å². The maximum absolute atomic E-state index is 2.52. The van der Waals surface area contributed by atoms with Gasteiger partial charge in [0.25, 0.3) is 0 Å². The average Bonchev–Trinajstić information content (AvgIpc) is 3.26. The minimum atomic E-state index is 0.979. The number of hydrogen-bond donors (Lipinski definition) is 0. The molecule has 1 aliphatic heterocycles. The van der Waals surface area contributed by atoms with Crippen molar-refractivity contribution in [1.82, 2.24) is 0 Å². The fourth-order valence-corrected chi connectivity index (χ4v) is 6.33. The van der Waals surface area contributed by atoms with Gasteiger partial charge in [0.15, 0.2) is 6.20 Å². The number of pyridine rings is 1. The van der Waals surface area contributed by atoms with E-state index in [2.05, 4.69) is 116 Å². The summed E-state index contributed by atoms with van der Waals surface area (Å²) < 4.78 is 3.54. The molecule has 0 N–H and O–H groups in total. The molecule has 4 heteroatoms. The molecule has 0 bridgehead atoms. The van der Waals surface area contributed by atoms with Crippen LogP contribution in [0.5, 0.6) is 0 Å². The highest BCUT2D eigenvalue weighted by atomic mass is 32.2. The molecule has 0 atom stereocenters. The number of aryl methyl sites for hydroxylation is 1. The molecule has 2 aromatic carbocycles. The molecule has 184 valence electrons. The summed E-state index contributed by atoms with van der Waals surface area (Å²) in [6.07, 6.45) is 11.5. The van der Waals surface area contributed by atoms with E-state index in [-0.39, 0.29) is 0 Å². The number of rotatable bonds is 11. The molecule has 0 amide bonds. The summed E-state index contributed by atoms with van der Waals surface area (Å²) >= 11 is 1.89. The van der Waals surface area contributed by atoms with Gasteiger partial charge < -0.3 is 9.38 Å². The summed E-state index contributed by atoms with van der Waals surface area (Å²) in [4.78, 5) is 3.89. The summed E-state index contributed by atoms with van der Waals surface area (Å²) in [5, 5.41) is 2.63. The van der Waals surface area contributed by atoms with Crippen LogP contribution in [0.15, 0.2) is 82.9 Å². The maximum atomic E-state index is 2.52. The van der Waals surface area contributed by atoms with Crippen LogP contribution in [0.25, 0.3) is 17.0 Å². The molecule has 1 aliphatic rings. The normalized spacial score (nSPS) is 15.0. The minimum absolute atomic E-state index is 0.979. The molecule has 0 fully saturated rings. The van der Waals surface area contributed by atoms with Gasteiger partial charge in [-0.2, -0.15) is 4.57 Å². The third-order valence-corrected chi connectivity index (χ3v) is 8.86. The van der Waals surface area contributed by atoms with Gasteiger partial charge in [-0.25, -0.2) is 0 Å². The second-order valence-electron chi connectivity index (χ2n) is 9.38. The fourth-order valence-electron chi connectivity index (χ4n) is 5.23. The zero-order valence-electron chi connectivity index (χ0n) is 21.9. The number of aromatic nitrogens is 1. The van der Waals surface area contributed by atoms with Crippen molar-refractivity contribution in [3.05, 3.63) is 83.5 Å². The molecule has 1 aromatic heterocycles. The third-order valence-electron chi connectivity index (χ3n) is 7.73. The van der Waals surface area contributed by atoms with Gasteiger partial charge in [-0.05, 0) is 70.4 Å². The number of allylic oxidation sites excluding steroid dienone is 2. The van der Waals surface area contributed by atoms with E-state index in [0.29, 0.717) is 0 Å². The second-order valence-corrected chi connectivity index (χ2v) is 10.4. The first-order valence-electron chi connectivity index (χ1n) is 13.3. The highest BCUT2D eigenvalue weighted by molar-refractivity contribution is 8.03. The van der Waals surface area contributed by atoms with Crippen LogP contribution in [-0.4, -0.2) is 37.2 Å². The molecule has 3 aromatic rings. The topological polar surface area (TPSA) is 7.12 Å². The molecule has 0 aliphatic carbocycles. The lowest BCUT2D eigenvalue weighted by Crippen LogP contribution is -2.48. The first-order valence-corrected chi connectivity index (χ1v) is 14.2. The van der Waals surface area contributed by atoms with E-state index in [0.717, 1.165) is 13.1 Å². The van der Waals surface area contributed by atoms with E-state index >= 15 is 0 Å². The number of quaternary nitrogens is 1. The van der Waals surface area contributed by atoms with Gasteiger partial charge in [0, 0.05) is 23.6 Å². The van der Waals surface area contributed by atoms with E-state index in [9.17, 15) is 0 Å². The molecule has 0 saturated heterocycles. The first-order chi connectivity index (χ1) is 17.1. The monoisotopic (exact) mass is 487 g/mol. The van der Waals surface area contributed by atoms with Gasteiger partial charge in [0.1, 0.15) is 6.54 Å². The van der Waals surface area contributed by atoms with Crippen molar-refractivity contribution in [2.24, 2.45) is 0 Å². The van der Waals surface area contributed by atoms with Crippen LogP contribution < -0.4 is 9.47 Å². The first kappa shape index (κ1) is 25.5. The molecule has 3 nitrogen and oxygen atoms in total. The Morgan fingerprint density at radius 1 is 0.886 bits per heavy atom. The van der Waals surface area contributed by atoms with Crippen molar-refractivity contribution in [3.63, 3.8) is 0 Å². The minimum Gasteiger partial charge on any atom is -0.335 e. The predicted molar refractivity (Wildman–Crippen MR) is 153 cm³/mol. The van der Waals surface area contributed by atoms with E-state index in [4.69, 9.17) is 0 Å². The average molecular weight is 488 g/mol. The van der Waals surface area contributed by atoms with E-state index in [1.807, 2.05) is 11.8 Å². The second kappa shape index (κ2) is 11.9. The zero-order chi connectivity index (χ0) is 24.7. The van der Waals surface area contributed by atoms with Crippen LogP contribution in [0.3, 0.4) is 0 Å². The van der Waals surface area contributed by atoms with E-state index < -0.39 is 0 Å². The van der Waals surface area contributed by atoms with Gasteiger partial charge in [-0.3, -0.25) is 0 Å². The van der Waals surface area contributed by atoms with Crippen molar-refractivity contribution in [2.75, 3.05) is 37.6 Å². The van der Waals surface area contributed by atoms with Crippen LogP contribution in [0.2, 0.25) is 0 Å². The highest BCUT2D eigenvalue weighted by Crippen LogP contribution is 2.45. The SMILES string of the molecule is CC[n+]1ccc(C=CC=C2Sc3ccccc3N2CCCC[N+](CC)(CC)CC)c2ccccc21. The van der Waals surface area contributed by atoms with Crippen LogP contribution in [0.4, 0.5) is 5.69 Å². The zero-order valence-corrected chi connectivity index (χ0v) is 22.7. The smallest absolute Gasteiger partial charge is 0.213 e. The lowest BCUT2D eigenvalue weighted by atomic mass is 10.1. The van der Waals surface area contributed by atoms with Gasteiger partial charge >= 0.3 is 0 Å². The van der Waals surface area contributed by atoms with Gasteiger partial charge in [0.2, 0.25) is 5.52 Å². The molecule has 4 rings (SSSR count). The van der Waals surface area contributed by atoms with Crippen LogP contribution >= 0.6 is 11.8 Å². The summed E-state index contributed by atoms with van der Waals surface area (Å²) in [7, 11) is 0. The summed E-state index contributed by atoms with van der Waals surface area (Å²) in [5.41, 5.74) is 3.91. The van der Waals surface area contributed by atoms with E-state index in [1.54, 1.807) is 0 Å². The van der Waals surface area contributed by atoms with Gasteiger partial charge in [-0.15, -0.1) is 0 Å². The third kappa shape index (κ3) is 5.65. The quantitative estimate of drug-likeness (QED) is 0.159. The van der Waals surface area contributed by atoms with Crippen molar-refractivity contribution >= 4 is 34.4 Å². The largest absolute Gasteiger partial charge is 0.335 e. The van der Waals surface area contributed by atoms with Crippen molar-refractivity contribution in [3.8, 4) is 0 Å². The molecular formula is C31H41N3S+2. The summed E-state index contributed by atoms with van der Waals surface area (Å²) in [6.45, 7) is 16.2. The fraction of sp³-hybridized carbons (Fsp3) is 0.387. The molecule has 35 heavy (non-hydrogen) atoms. The number of anilines is 1. The maximum Gasteiger partial charge on any atom is 0.213 e. The standard InChI is InChI=1S/C31H41N3S/c1-5-32-24-22-26(27-17-9-10-18-28(27)32)16-15-21-31-33(29-19-11-12-20-30(29)35-31)23-13-14-25-34(6-2,7-3)8-4/h9-12,15-22,24H,5-8,13-14,23,25H2,1-4H3/q+2.